The molecule has 2 aromatic rings. The quantitative estimate of drug-likeness (QED) is 0.703. The Bertz CT molecular complexity index is 793. The van der Waals surface area contributed by atoms with E-state index in [1.165, 1.54) is 0 Å². The van der Waals surface area contributed by atoms with E-state index < -0.39 is 5.76 Å². The highest BCUT2D eigenvalue weighted by atomic mass is 16.4. The number of benzene rings is 1. The fraction of sp³-hybridized carbons (Fsp3) is 0.526. The van der Waals surface area contributed by atoms with Crippen molar-refractivity contribution in [3.8, 4) is 0 Å². The molecule has 2 amide bonds. The van der Waals surface area contributed by atoms with Gasteiger partial charge in [-0.15, -0.1) is 0 Å². The number of aryl methyl sites for hydroxylation is 1. The van der Waals surface area contributed by atoms with Crippen molar-refractivity contribution >= 4 is 22.9 Å². The van der Waals surface area contributed by atoms with Crippen LogP contribution in [0, 0.1) is 0 Å². The van der Waals surface area contributed by atoms with Crippen LogP contribution in [0.4, 0.5) is 0 Å². The van der Waals surface area contributed by atoms with Gasteiger partial charge in [0.1, 0.15) is 0 Å². The molecule has 1 aromatic heterocycles. The van der Waals surface area contributed by atoms with Gasteiger partial charge in [-0.2, -0.15) is 0 Å². The number of nitrogens with zero attached hydrogens (tertiary/aromatic N) is 2. The number of hydrogen-bond acceptors (Lipinski definition) is 4. The Morgan fingerprint density at radius 3 is 2.69 bits per heavy atom. The first-order valence-corrected chi connectivity index (χ1v) is 9.19. The average molecular weight is 361 g/mol. The van der Waals surface area contributed by atoms with Gasteiger partial charge in [0.15, 0.2) is 5.58 Å². The normalized spacial score (nSPS) is 10.8. The minimum absolute atomic E-state index is 0.0700. The topological polar surface area (TPSA) is 84.5 Å². The number of carbonyl (C=O) groups excluding carboxylic acids is 2. The zero-order chi connectivity index (χ0) is 18.9. The van der Waals surface area contributed by atoms with Crippen LogP contribution in [0.1, 0.15) is 39.5 Å². The van der Waals surface area contributed by atoms with Gasteiger partial charge in [-0.1, -0.05) is 26.0 Å². The van der Waals surface area contributed by atoms with E-state index in [1.54, 1.807) is 15.5 Å². The second-order valence-electron chi connectivity index (χ2n) is 6.26. The minimum atomic E-state index is -0.414. The maximum Gasteiger partial charge on any atom is 0.419 e. The first-order valence-electron chi connectivity index (χ1n) is 9.19. The van der Waals surface area contributed by atoms with Crippen LogP contribution < -0.4 is 11.1 Å². The standard InChI is InChI=1S/C19H27N3O4/c1-3-11-20-17(23)14-21(12-4-2)18(24)10-7-13-22-15-8-5-6-9-16(15)26-19(22)25/h5-6,8-9H,3-4,7,10-14H2,1-2H3,(H,20,23). The monoisotopic (exact) mass is 361 g/mol. The molecule has 1 N–H and O–H groups in total. The molecule has 0 fully saturated rings. The molecular formula is C19H27N3O4. The van der Waals surface area contributed by atoms with Crippen LogP contribution in [0.5, 0.6) is 0 Å². The van der Waals surface area contributed by atoms with Crippen molar-refractivity contribution < 1.29 is 14.0 Å². The van der Waals surface area contributed by atoms with Crippen LogP contribution in [-0.4, -0.2) is 40.9 Å². The molecule has 0 aliphatic heterocycles. The molecule has 2 rings (SSSR count). The Labute approximate surface area is 153 Å². The van der Waals surface area contributed by atoms with E-state index in [4.69, 9.17) is 4.42 Å². The molecule has 0 spiro atoms. The van der Waals surface area contributed by atoms with Crippen LogP contribution in [0.2, 0.25) is 0 Å². The number of oxazole rings is 1. The van der Waals surface area contributed by atoms with Crippen molar-refractivity contribution in [2.75, 3.05) is 19.6 Å². The number of rotatable bonds is 10. The maximum atomic E-state index is 12.5. The summed E-state index contributed by atoms with van der Waals surface area (Å²) >= 11 is 0. The molecule has 0 aliphatic carbocycles. The average Bonchev–Trinajstić information content (AvgIpc) is 2.95. The predicted molar refractivity (Wildman–Crippen MR) is 99.9 cm³/mol. The van der Waals surface area contributed by atoms with Gasteiger partial charge in [0.2, 0.25) is 11.8 Å². The third-order valence-electron chi connectivity index (χ3n) is 4.10. The minimum Gasteiger partial charge on any atom is -0.408 e. The number of amides is 2. The third kappa shape index (κ3) is 5.21. The SMILES string of the molecule is CCCNC(=O)CN(CCC)C(=O)CCCn1c(=O)oc2ccccc21. The molecule has 1 heterocycles. The summed E-state index contributed by atoms with van der Waals surface area (Å²) in [6.07, 6.45) is 2.45. The molecule has 7 nitrogen and oxygen atoms in total. The summed E-state index contributed by atoms with van der Waals surface area (Å²) < 4.78 is 6.73. The molecule has 0 saturated heterocycles. The fourth-order valence-electron chi connectivity index (χ4n) is 2.83. The van der Waals surface area contributed by atoms with E-state index in [0.29, 0.717) is 31.6 Å². The van der Waals surface area contributed by atoms with Gasteiger partial charge in [-0.3, -0.25) is 14.2 Å². The van der Waals surface area contributed by atoms with Gasteiger partial charge >= 0.3 is 5.76 Å². The van der Waals surface area contributed by atoms with E-state index in [1.807, 2.05) is 32.0 Å². The van der Waals surface area contributed by atoms with Crippen LogP contribution >= 0.6 is 0 Å². The van der Waals surface area contributed by atoms with Crippen LogP contribution in [0.15, 0.2) is 33.5 Å². The van der Waals surface area contributed by atoms with Crippen molar-refractivity contribution in [1.29, 1.82) is 0 Å². The summed E-state index contributed by atoms with van der Waals surface area (Å²) in [5.41, 5.74) is 1.28. The van der Waals surface area contributed by atoms with E-state index in [0.717, 1.165) is 18.4 Å². The first-order chi connectivity index (χ1) is 12.6. The van der Waals surface area contributed by atoms with Gasteiger partial charge in [0.05, 0.1) is 12.1 Å². The number of carbonyl (C=O) groups is 2. The molecule has 0 bridgehead atoms. The fourth-order valence-corrected chi connectivity index (χ4v) is 2.83. The van der Waals surface area contributed by atoms with Gasteiger partial charge < -0.3 is 14.6 Å². The summed E-state index contributed by atoms with van der Waals surface area (Å²) in [6.45, 7) is 5.61. The predicted octanol–water partition coefficient (Wildman–Crippen LogP) is 2.14. The van der Waals surface area contributed by atoms with Gasteiger partial charge in [-0.05, 0) is 31.4 Å². The second kappa shape index (κ2) is 9.79. The highest BCUT2D eigenvalue weighted by molar-refractivity contribution is 5.84. The lowest BCUT2D eigenvalue weighted by Gasteiger charge is -2.21. The molecule has 7 heteroatoms. The summed E-state index contributed by atoms with van der Waals surface area (Å²) in [5.74, 6) is -0.618. The molecule has 0 atom stereocenters. The Morgan fingerprint density at radius 1 is 1.19 bits per heavy atom. The van der Waals surface area contributed by atoms with Crippen molar-refractivity contribution in [3.05, 3.63) is 34.8 Å². The summed E-state index contributed by atoms with van der Waals surface area (Å²) in [7, 11) is 0. The van der Waals surface area contributed by atoms with Crippen LogP contribution in [0.3, 0.4) is 0 Å². The number of nitrogens with one attached hydrogen (secondary N) is 1. The van der Waals surface area contributed by atoms with Crippen LogP contribution in [0.25, 0.3) is 11.1 Å². The van der Waals surface area contributed by atoms with E-state index in [2.05, 4.69) is 5.32 Å². The summed E-state index contributed by atoms with van der Waals surface area (Å²) in [5, 5.41) is 2.79. The Balaban J connectivity index is 1.91. The smallest absolute Gasteiger partial charge is 0.408 e. The largest absolute Gasteiger partial charge is 0.419 e. The molecule has 26 heavy (non-hydrogen) atoms. The highest BCUT2D eigenvalue weighted by Gasteiger charge is 2.16. The van der Waals surface area contributed by atoms with Crippen molar-refractivity contribution in [1.82, 2.24) is 14.8 Å². The zero-order valence-corrected chi connectivity index (χ0v) is 15.5. The van der Waals surface area contributed by atoms with E-state index in [9.17, 15) is 14.4 Å². The number of aromatic nitrogens is 1. The lowest BCUT2D eigenvalue weighted by molar-refractivity contribution is -0.136. The third-order valence-corrected chi connectivity index (χ3v) is 4.10. The van der Waals surface area contributed by atoms with E-state index >= 15 is 0 Å². The maximum absolute atomic E-state index is 12.5. The van der Waals surface area contributed by atoms with Gasteiger partial charge in [-0.25, -0.2) is 4.79 Å². The second-order valence-corrected chi connectivity index (χ2v) is 6.26. The number of para-hydroxylation sites is 2. The van der Waals surface area contributed by atoms with Crippen molar-refractivity contribution in [2.45, 2.75) is 46.1 Å². The molecule has 0 aliphatic rings. The molecule has 0 unspecified atom stereocenters. The number of fused-ring (bicyclic) bond motifs is 1. The van der Waals surface area contributed by atoms with Crippen LogP contribution in [-0.2, 0) is 16.1 Å². The lowest BCUT2D eigenvalue weighted by atomic mass is 10.2. The zero-order valence-electron chi connectivity index (χ0n) is 15.5. The lowest BCUT2D eigenvalue weighted by Crippen LogP contribution is -2.41. The van der Waals surface area contributed by atoms with Crippen molar-refractivity contribution in [3.63, 3.8) is 0 Å². The number of hydrogen-bond donors (Lipinski definition) is 1. The molecule has 0 saturated carbocycles. The molecular weight excluding hydrogens is 334 g/mol. The van der Waals surface area contributed by atoms with Crippen molar-refractivity contribution in [2.24, 2.45) is 0 Å². The highest BCUT2D eigenvalue weighted by Crippen LogP contribution is 2.12. The summed E-state index contributed by atoms with van der Waals surface area (Å²) in [6, 6.07) is 7.22. The van der Waals surface area contributed by atoms with Gasteiger partial charge in [0.25, 0.3) is 0 Å². The van der Waals surface area contributed by atoms with E-state index in [-0.39, 0.29) is 24.8 Å². The molecule has 1 aromatic carbocycles. The Morgan fingerprint density at radius 2 is 1.96 bits per heavy atom. The Kier molecular flexibility index (Phi) is 7.44. The molecule has 0 radical (unpaired) electrons. The first kappa shape index (κ1) is 19.8. The molecule has 142 valence electrons. The Hall–Kier alpha value is -2.57. The van der Waals surface area contributed by atoms with Gasteiger partial charge in [0, 0.05) is 26.1 Å². The summed E-state index contributed by atoms with van der Waals surface area (Å²) in [4.78, 5) is 37.9.